The highest BCUT2D eigenvalue weighted by Gasteiger charge is 2.34. The second kappa shape index (κ2) is 4.40. The van der Waals surface area contributed by atoms with Gasteiger partial charge in [0.25, 0.3) is 5.91 Å². The maximum absolute atomic E-state index is 12.0. The number of pyridine rings is 1. The van der Waals surface area contributed by atoms with E-state index in [-0.39, 0.29) is 11.3 Å². The van der Waals surface area contributed by atoms with Crippen LogP contribution in [-0.2, 0) is 4.79 Å². The average Bonchev–Trinajstić information content (AvgIpc) is 2.77. The minimum Gasteiger partial charge on any atom is -0.480 e. The van der Waals surface area contributed by atoms with Crippen molar-refractivity contribution in [2.75, 3.05) is 6.54 Å². The Morgan fingerprint density at radius 2 is 2.18 bits per heavy atom. The summed E-state index contributed by atoms with van der Waals surface area (Å²) < 4.78 is 0. The number of nitrogens with one attached hydrogen (secondary N) is 1. The molecule has 6 nitrogen and oxygen atoms in total. The molecule has 1 saturated heterocycles. The van der Waals surface area contributed by atoms with E-state index in [0.29, 0.717) is 19.4 Å². The van der Waals surface area contributed by atoms with Crippen molar-refractivity contribution in [1.82, 2.24) is 9.88 Å². The number of likely N-dealkylation sites (tertiary alicyclic amines) is 1. The number of aliphatic carboxylic acids is 1. The number of carbonyl (C=O) groups excluding carboxylic acids is 1. The van der Waals surface area contributed by atoms with Crippen LogP contribution in [0.2, 0.25) is 0 Å². The summed E-state index contributed by atoms with van der Waals surface area (Å²) in [7, 11) is 0. The van der Waals surface area contributed by atoms with Gasteiger partial charge >= 0.3 is 5.97 Å². The Bertz CT molecular complexity index is 508. The quantitative estimate of drug-likeness (QED) is 0.759. The van der Waals surface area contributed by atoms with Crippen LogP contribution in [0.4, 0.5) is 0 Å². The van der Waals surface area contributed by atoms with Crippen LogP contribution in [0.25, 0.3) is 0 Å². The molecule has 1 fully saturated rings. The zero-order valence-corrected chi connectivity index (χ0v) is 9.05. The molecule has 0 unspecified atom stereocenters. The van der Waals surface area contributed by atoms with Crippen molar-refractivity contribution in [2.45, 2.75) is 18.9 Å². The number of H-pyrrole nitrogens is 1. The van der Waals surface area contributed by atoms with Gasteiger partial charge in [0.2, 0.25) is 5.56 Å². The molecule has 2 heterocycles. The smallest absolute Gasteiger partial charge is 0.326 e. The lowest BCUT2D eigenvalue weighted by atomic mass is 10.2. The summed E-state index contributed by atoms with van der Waals surface area (Å²) in [5.41, 5.74) is -0.243. The molecule has 6 heteroatoms. The lowest BCUT2D eigenvalue weighted by Gasteiger charge is -2.20. The van der Waals surface area contributed by atoms with Crippen molar-refractivity contribution in [2.24, 2.45) is 0 Å². The Morgan fingerprint density at radius 3 is 2.82 bits per heavy atom. The molecule has 1 aliphatic rings. The number of amides is 1. The third-order valence-corrected chi connectivity index (χ3v) is 2.80. The van der Waals surface area contributed by atoms with E-state index in [4.69, 9.17) is 5.11 Å². The molecule has 0 aliphatic carbocycles. The molecule has 0 aromatic carbocycles. The minimum atomic E-state index is -1.01. The lowest BCUT2D eigenvalue weighted by molar-refractivity contribution is -0.141. The van der Waals surface area contributed by atoms with Gasteiger partial charge in [0.1, 0.15) is 11.7 Å². The van der Waals surface area contributed by atoms with E-state index in [1.807, 2.05) is 0 Å². The molecule has 2 rings (SSSR count). The molecule has 0 bridgehead atoms. The number of carboxylic acid groups (broad SMARTS) is 1. The first-order valence-corrected chi connectivity index (χ1v) is 5.32. The van der Waals surface area contributed by atoms with E-state index in [0.717, 1.165) is 0 Å². The molecule has 0 spiro atoms. The number of carbonyl (C=O) groups is 2. The van der Waals surface area contributed by atoms with Gasteiger partial charge in [0, 0.05) is 12.6 Å². The number of hydrogen-bond donors (Lipinski definition) is 2. The first kappa shape index (κ1) is 11.4. The number of aromatic nitrogens is 1. The first-order chi connectivity index (χ1) is 8.09. The maximum Gasteiger partial charge on any atom is 0.326 e. The Labute approximate surface area is 96.9 Å². The highest BCUT2D eigenvalue weighted by molar-refractivity contribution is 5.95. The van der Waals surface area contributed by atoms with E-state index in [1.54, 1.807) is 0 Å². The Hall–Kier alpha value is -2.11. The van der Waals surface area contributed by atoms with Crippen LogP contribution in [0, 0.1) is 0 Å². The zero-order chi connectivity index (χ0) is 12.4. The van der Waals surface area contributed by atoms with Gasteiger partial charge in [0.05, 0.1) is 0 Å². The highest BCUT2D eigenvalue weighted by atomic mass is 16.4. The zero-order valence-electron chi connectivity index (χ0n) is 9.05. The van der Waals surface area contributed by atoms with Crippen molar-refractivity contribution in [3.05, 3.63) is 34.2 Å². The van der Waals surface area contributed by atoms with E-state index >= 15 is 0 Å². The molecule has 1 aromatic heterocycles. The van der Waals surface area contributed by atoms with Gasteiger partial charge in [-0.1, -0.05) is 6.07 Å². The molecule has 1 aliphatic heterocycles. The van der Waals surface area contributed by atoms with Crippen molar-refractivity contribution in [1.29, 1.82) is 0 Å². The predicted octanol–water partition coefficient (Wildman–Crippen LogP) is 0.0641. The third-order valence-electron chi connectivity index (χ3n) is 2.80. The van der Waals surface area contributed by atoms with Gasteiger partial charge in [-0.25, -0.2) is 4.79 Å². The normalized spacial score (nSPS) is 19.3. The summed E-state index contributed by atoms with van der Waals surface area (Å²) in [4.78, 5) is 37.7. The standard InChI is InChI=1S/C11H12N2O4/c14-9-5-1-3-7(12-9)10(15)13-6-2-4-8(13)11(16)17/h1,3,5,8H,2,4,6H2,(H,12,14)(H,16,17)/t8-/m0/s1. The summed E-state index contributed by atoms with van der Waals surface area (Å²) in [5, 5.41) is 8.97. The number of rotatable bonds is 2. The summed E-state index contributed by atoms with van der Waals surface area (Å²) >= 11 is 0. The molecule has 17 heavy (non-hydrogen) atoms. The van der Waals surface area contributed by atoms with Crippen LogP contribution in [0.5, 0.6) is 0 Å². The molecule has 0 saturated carbocycles. The van der Waals surface area contributed by atoms with E-state index in [9.17, 15) is 14.4 Å². The molecular formula is C11H12N2O4. The van der Waals surface area contributed by atoms with Crippen LogP contribution in [0.15, 0.2) is 23.0 Å². The molecule has 1 aromatic rings. The lowest BCUT2D eigenvalue weighted by Crippen LogP contribution is -2.41. The van der Waals surface area contributed by atoms with Crippen LogP contribution in [-0.4, -0.2) is 39.5 Å². The van der Waals surface area contributed by atoms with E-state index in [1.165, 1.54) is 23.1 Å². The Kier molecular flexibility index (Phi) is 2.95. The maximum atomic E-state index is 12.0. The summed E-state index contributed by atoms with van der Waals surface area (Å²) in [6, 6.07) is 3.46. The van der Waals surface area contributed by atoms with E-state index in [2.05, 4.69) is 4.98 Å². The Morgan fingerprint density at radius 1 is 1.41 bits per heavy atom. The van der Waals surface area contributed by atoms with Gasteiger partial charge in [-0.3, -0.25) is 9.59 Å². The molecule has 90 valence electrons. The molecule has 1 atom stereocenters. The first-order valence-electron chi connectivity index (χ1n) is 5.32. The number of carboxylic acids is 1. The van der Waals surface area contributed by atoms with Crippen molar-refractivity contribution >= 4 is 11.9 Å². The molecule has 0 radical (unpaired) electrons. The second-order valence-electron chi connectivity index (χ2n) is 3.92. The number of nitrogens with zero attached hydrogens (tertiary/aromatic N) is 1. The van der Waals surface area contributed by atoms with Crippen LogP contribution in [0.3, 0.4) is 0 Å². The molecule has 2 N–H and O–H groups in total. The molecular weight excluding hydrogens is 224 g/mol. The fraction of sp³-hybridized carbons (Fsp3) is 0.364. The van der Waals surface area contributed by atoms with Crippen LogP contribution >= 0.6 is 0 Å². The third kappa shape index (κ3) is 2.20. The monoisotopic (exact) mass is 236 g/mol. The van der Waals surface area contributed by atoms with Crippen molar-refractivity contribution in [3.63, 3.8) is 0 Å². The fourth-order valence-electron chi connectivity index (χ4n) is 1.99. The highest BCUT2D eigenvalue weighted by Crippen LogP contribution is 2.19. The summed E-state index contributed by atoms with van der Waals surface area (Å²) in [5.74, 6) is -1.44. The van der Waals surface area contributed by atoms with Gasteiger partial charge in [0.15, 0.2) is 0 Å². The topological polar surface area (TPSA) is 90.5 Å². The van der Waals surface area contributed by atoms with E-state index < -0.39 is 17.9 Å². The van der Waals surface area contributed by atoms with Crippen molar-refractivity contribution < 1.29 is 14.7 Å². The minimum absolute atomic E-state index is 0.130. The van der Waals surface area contributed by atoms with Gasteiger partial charge in [-0.2, -0.15) is 0 Å². The van der Waals surface area contributed by atoms with Gasteiger partial charge in [-0.05, 0) is 18.9 Å². The Balaban J connectivity index is 2.26. The SMILES string of the molecule is O=C(O)[C@@H]1CCCN1C(=O)c1cccc(=O)[nH]1. The van der Waals surface area contributed by atoms with Crippen LogP contribution in [0.1, 0.15) is 23.3 Å². The largest absolute Gasteiger partial charge is 0.480 e. The second-order valence-corrected chi connectivity index (χ2v) is 3.92. The average molecular weight is 236 g/mol. The summed E-state index contributed by atoms with van der Waals surface area (Å²) in [6.07, 6.45) is 1.12. The molecule has 1 amide bonds. The van der Waals surface area contributed by atoms with Gasteiger partial charge in [-0.15, -0.1) is 0 Å². The fourth-order valence-corrected chi connectivity index (χ4v) is 1.99. The number of aromatic amines is 1. The van der Waals surface area contributed by atoms with Crippen molar-refractivity contribution in [3.8, 4) is 0 Å². The van der Waals surface area contributed by atoms with Crippen LogP contribution < -0.4 is 5.56 Å². The predicted molar refractivity (Wildman–Crippen MR) is 58.8 cm³/mol. The van der Waals surface area contributed by atoms with Gasteiger partial charge < -0.3 is 15.0 Å². The summed E-state index contributed by atoms with van der Waals surface area (Å²) in [6.45, 7) is 0.409. The number of hydrogen-bond acceptors (Lipinski definition) is 3.